The van der Waals surface area contributed by atoms with E-state index in [0.29, 0.717) is 0 Å². The lowest BCUT2D eigenvalue weighted by Gasteiger charge is -2.24. The van der Waals surface area contributed by atoms with Gasteiger partial charge in [0.15, 0.2) is 0 Å². The van der Waals surface area contributed by atoms with E-state index in [-0.39, 0.29) is 5.41 Å². The highest BCUT2D eigenvalue weighted by Gasteiger charge is 2.39. The van der Waals surface area contributed by atoms with Crippen LogP contribution in [0.15, 0.2) is 146 Å². The quantitative estimate of drug-likeness (QED) is 0.173. The molecular formula is C45H30S. The van der Waals surface area contributed by atoms with E-state index in [9.17, 15) is 0 Å². The van der Waals surface area contributed by atoms with E-state index in [1.54, 1.807) is 0 Å². The maximum absolute atomic E-state index is 2.54. The van der Waals surface area contributed by atoms with Gasteiger partial charge >= 0.3 is 0 Å². The Morgan fingerprint density at radius 2 is 1.04 bits per heavy atom. The van der Waals surface area contributed by atoms with Crippen LogP contribution < -0.4 is 0 Å². The number of benzene rings is 8. The monoisotopic (exact) mass is 602 g/mol. The van der Waals surface area contributed by atoms with Gasteiger partial charge in [-0.3, -0.25) is 0 Å². The second-order valence-corrected chi connectivity index (χ2v) is 14.2. The van der Waals surface area contributed by atoms with Crippen molar-refractivity contribution >= 4 is 63.8 Å². The topological polar surface area (TPSA) is 0 Å². The lowest BCUT2D eigenvalue weighted by molar-refractivity contribution is 0.667. The second kappa shape index (κ2) is 9.39. The van der Waals surface area contributed by atoms with Crippen molar-refractivity contribution in [3.63, 3.8) is 0 Å². The molecule has 0 N–H and O–H groups in total. The molecule has 216 valence electrons. The third-order valence-corrected chi connectivity index (χ3v) is 11.6. The summed E-state index contributed by atoms with van der Waals surface area (Å²) in [5, 5.41) is 10.6. The Kier molecular flexibility index (Phi) is 5.31. The van der Waals surface area contributed by atoms with Gasteiger partial charge in [0.1, 0.15) is 0 Å². The van der Waals surface area contributed by atoms with Crippen LogP contribution in [0.5, 0.6) is 0 Å². The highest BCUT2D eigenvalue weighted by molar-refractivity contribution is 7.26. The molecule has 0 saturated heterocycles. The Morgan fingerprint density at radius 1 is 0.457 bits per heavy atom. The summed E-state index contributed by atoms with van der Waals surface area (Å²) in [6.45, 7) is 4.84. The van der Waals surface area contributed by atoms with Gasteiger partial charge in [-0.1, -0.05) is 147 Å². The molecule has 0 radical (unpaired) electrons. The molecule has 1 heterocycles. The molecule has 0 saturated carbocycles. The van der Waals surface area contributed by atoms with Crippen molar-refractivity contribution < 1.29 is 0 Å². The summed E-state index contributed by atoms with van der Waals surface area (Å²) >= 11 is 1.96. The highest BCUT2D eigenvalue weighted by atomic mass is 32.1. The molecule has 46 heavy (non-hydrogen) atoms. The Bertz CT molecular complexity index is 2650. The third kappa shape index (κ3) is 3.39. The fraction of sp³-hybridized carbons (Fsp3) is 0.0667. The van der Waals surface area contributed by atoms with Crippen LogP contribution in [-0.4, -0.2) is 0 Å². The van der Waals surface area contributed by atoms with Crippen molar-refractivity contribution in [3.05, 3.63) is 157 Å². The molecule has 1 aliphatic carbocycles. The lowest BCUT2D eigenvalue weighted by Crippen LogP contribution is -2.15. The summed E-state index contributed by atoms with van der Waals surface area (Å²) in [5.41, 5.74) is 10.7. The molecule has 0 unspecified atom stereocenters. The molecule has 0 fully saturated rings. The Labute approximate surface area is 272 Å². The molecule has 1 aliphatic rings. The van der Waals surface area contributed by atoms with E-state index >= 15 is 0 Å². The number of hydrogen-bond donors (Lipinski definition) is 0. The summed E-state index contributed by atoms with van der Waals surface area (Å²) in [6, 6.07) is 54.2. The first kappa shape index (κ1) is 26.0. The van der Waals surface area contributed by atoms with E-state index in [0.717, 1.165) is 0 Å². The number of fused-ring (bicyclic) bond motifs is 11. The van der Waals surface area contributed by atoms with Gasteiger partial charge in [0.25, 0.3) is 0 Å². The first-order valence-corrected chi connectivity index (χ1v) is 16.9. The first-order valence-electron chi connectivity index (χ1n) is 16.1. The van der Waals surface area contributed by atoms with Gasteiger partial charge < -0.3 is 0 Å². The SMILES string of the molecule is CC1(C)c2ccccc2-c2cc(-c3c4ccccc4c(-c4ccccc4)c4ccccc34)c3sc4ccc5ccccc5c4c3c21. The summed E-state index contributed by atoms with van der Waals surface area (Å²) in [7, 11) is 0. The normalized spacial score (nSPS) is 13.6. The van der Waals surface area contributed by atoms with E-state index in [4.69, 9.17) is 0 Å². The molecular weight excluding hydrogens is 573 g/mol. The second-order valence-electron chi connectivity index (χ2n) is 13.2. The molecule has 1 aromatic heterocycles. The van der Waals surface area contributed by atoms with Crippen molar-refractivity contribution in [2.75, 3.05) is 0 Å². The van der Waals surface area contributed by atoms with Gasteiger partial charge in [-0.2, -0.15) is 0 Å². The predicted octanol–water partition coefficient (Wildman–Crippen LogP) is 13.2. The summed E-state index contributed by atoms with van der Waals surface area (Å²) in [6.07, 6.45) is 0. The zero-order chi connectivity index (χ0) is 30.6. The minimum Gasteiger partial charge on any atom is -0.134 e. The van der Waals surface area contributed by atoms with Gasteiger partial charge in [-0.15, -0.1) is 11.3 Å². The molecule has 0 amide bonds. The van der Waals surface area contributed by atoms with E-state index in [1.165, 1.54) is 97.0 Å². The van der Waals surface area contributed by atoms with E-state index < -0.39 is 0 Å². The lowest BCUT2D eigenvalue weighted by atomic mass is 9.79. The van der Waals surface area contributed by atoms with Gasteiger partial charge in [0.05, 0.1) is 0 Å². The maximum atomic E-state index is 2.54. The predicted molar refractivity (Wildman–Crippen MR) is 200 cm³/mol. The van der Waals surface area contributed by atoms with Gasteiger partial charge in [0.2, 0.25) is 0 Å². The molecule has 0 aliphatic heterocycles. The summed E-state index contributed by atoms with van der Waals surface area (Å²) in [5.74, 6) is 0. The Balaban J connectivity index is 1.46. The average molecular weight is 603 g/mol. The maximum Gasteiger partial charge on any atom is 0.0438 e. The number of hydrogen-bond acceptors (Lipinski definition) is 1. The third-order valence-electron chi connectivity index (χ3n) is 10.4. The summed E-state index contributed by atoms with van der Waals surface area (Å²) in [4.78, 5) is 0. The minimum atomic E-state index is -0.116. The molecule has 8 aromatic carbocycles. The number of rotatable bonds is 2. The molecule has 0 nitrogen and oxygen atoms in total. The van der Waals surface area contributed by atoms with Crippen LogP contribution in [0.1, 0.15) is 25.0 Å². The molecule has 0 spiro atoms. The smallest absolute Gasteiger partial charge is 0.0438 e. The van der Waals surface area contributed by atoms with Crippen LogP contribution >= 0.6 is 11.3 Å². The molecule has 0 atom stereocenters. The van der Waals surface area contributed by atoms with E-state index in [2.05, 4.69) is 159 Å². The van der Waals surface area contributed by atoms with E-state index in [1.807, 2.05) is 11.3 Å². The highest BCUT2D eigenvalue weighted by Crippen LogP contribution is 2.58. The Morgan fingerprint density at radius 3 is 1.76 bits per heavy atom. The largest absolute Gasteiger partial charge is 0.134 e. The average Bonchev–Trinajstić information content (AvgIpc) is 3.60. The fourth-order valence-electron chi connectivity index (χ4n) is 8.49. The van der Waals surface area contributed by atoms with Crippen LogP contribution in [0, 0.1) is 0 Å². The van der Waals surface area contributed by atoms with Gasteiger partial charge in [-0.05, 0) is 83.4 Å². The van der Waals surface area contributed by atoms with Crippen molar-refractivity contribution in [2.45, 2.75) is 19.3 Å². The zero-order valence-corrected chi connectivity index (χ0v) is 26.6. The zero-order valence-electron chi connectivity index (χ0n) is 25.8. The molecule has 0 bridgehead atoms. The molecule has 10 rings (SSSR count). The summed E-state index contributed by atoms with van der Waals surface area (Å²) < 4.78 is 2.73. The molecule has 9 aromatic rings. The van der Waals surface area contributed by atoms with Crippen LogP contribution in [0.3, 0.4) is 0 Å². The standard InChI is InChI=1S/C45H30S/c1-45(2)37-23-13-12-18-30(37)35-26-36(44-42(43(35)45)41-29-17-7-6-14-27(29)24-25-38(41)46-44)40-33-21-10-8-19-31(33)39(28-15-4-3-5-16-28)32-20-9-11-22-34(32)40/h3-26H,1-2H3. The van der Waals surface area contributed by atoms with Crippen molar-refractivity contribution in [2.24, 2.45) is 0 Å². The Hall–Kier alpha value is -5.24. The van der Waals surface area contributed by atoms with Gasteiger partial charge in [-0.25, -0.2) is 0 Å². The number of thiophene rings is 1. The minimum absolute atomic E-state index is 0.116. The van der Waals surface area contributed by atoms with Crippen LogP contribution in [-0.2, 0) is 5.41 Å². The van der Waals surface area contributed by atoms with Gasteiger partial charge in [0, 0.05) is 31.2 Å². The van der Waals surface area contributed by atoms with Crippen LogP contribution in [0.2, 0.25) is 0 Å². The molecule has 1 heteroatoms. The van der Waals surface area contributed by atoms with Crippen molar-refractivity contribution in [3.8, 4) is 33.4 Å². The van der Waals surface area contributed by atoms with Crippen molar-refractivity contribution in [1.82, 2.24) is 0 Å². The van der Waals surface area contributed by atoms with Crippen LogP contribution in [0.4, 0.5) is 0 Å². The van der Waals surface area contributed by atoms with Crippen LogP contribution in [0.25, 0.3) is 85.9 Å². The first-order chi connectivity index (χ1) is 22.6. The van der Waals surface area contributed by atoms with Crippen molar-refractivity contribution in [1.29, 1.82) is 0 Å². The fourth-order valence-corrected chi connectivity index (χ4v) is 9.74.